The van der Waals surface area contributed by atoms with Gasteiger partial charge in [-0.25, -0.2) is 4.79 Å². The molecule has 0 saturated heterocycles. The molecule has 1 aromatic rings. The maximum absolute atomic E-state index is 12.2. The summed E-state index contributed by atoms with van der Waals surface area (Å²) in [4.78, 5) is 24.0. The third kappa shape index (κ3) is 5.81. The Bertz CT molecular complexity index is 555. The molecule has 1 atom stereocenters. The van der Waals surface area contributed by atoms with Crippen LogP contribution in [0.15, 0.2) is 18.2 Å². The van der Waals surface area contributed by atoms with Crippen molar-refractivity contribution in [1.82, 2.24) is 5.32 Å². The van der Waals surface area contributed by atoms with Crippen molar-refractivity contribution in [3.05, 3.63) is 23.2 Å². The number of carbonyl (C=O) groups is 2. The Morgan fingerprint density at radius 3 is 2.55 bits per heavy atom. The number of ether oxygens (including phenoxy) is 1. The quantitative estimate of drug-likeness (QED) is 0.740. The van der Waals surface area contributed by atoms with E-state index >= 15 is 0 Å². The SMILES string of the molecule is CC[C@H](NC(=O)OC(C)(C)C)C(=O)Nc1cc(Cl)ccc1N. The number of hydrogen-bond acceptors (Lipinski definition) is 4. The topological polar surface area (TPSA) is 93.4 Å². The van der Waals surface area contributed by atoms with Gasteiger partial charge in [0.2, 0.25) is 5.91 Å². The lowest BCUT2D eigenvalue weighted by molar-refractivity contribution is -0.118. The van der Waals surface area contributed by atoms with Crippen LogP contribution in [0, 0.1) is 0 Å². The van der Waals surface area contributed by atoms with E-state index in [4.69, 9.17) is 22.1 Å². The first-order chi connectivity index (χ1) is 10.1. The first-order valence-corrected chi connectivity index (χ1v) is 7.35. The highest BCUT2D eigenvalue weighted by Gasteiger charge is 2.23. The molecule has 0 aromatic heterocycles. The van der Waals surface area contributed by atoms with Crippen LogP contribution in [-0.2, 0) is 9.53 Å². The molecule has 0 unspecified atom stereocenters. The zero-order valence-corrected chi connectivity index (χ0v) is 14.0. The Hall–Kier alpha value is -1.95. The molecular formula is C15H22ClN3O3. The molecule has 0 spiro atoms. The first kappa shape index (κ1) is 18.1. The van der Waals surface area contributed by atoms with Crippen LogP contribution in [-0.4, -0.2) is 23.6 Å². The molecule has 4 N–H and O–H groups in total. The highest BCUT2D eigenvalue weighted by molar-refractivity contribution is 6.31. The van der Waals surface area contributed by atoms with Crippen LogP contribution in [0.5, 0.6) is 0 Å². The summed E-state index contributed by atoms with van der Waals surface area (Å²) >= 11 is 5.87. The van der Waals surface area contributed by atoms with E-state index in [0.717, 1.165) is 0 Å². The lowest BCUT2D eigenvalue weighted by Crippen LogP contribution is -2.45. The largest absolute Gasteiger partial charge is 0.444 e. The molecule has 0 bridgehead atoms. The van der Waals surface area contributed by atoms with Gasteiger partial charge in [0.1, 0.15) is 11.6 Å². The summed E-state index contributed by atoms with van der Waals surface area (Å²) in [7, 11) is 0. The number of carbonyl (C=O) groups excluding carboxylic acids is 2. The monoisotopic (exact) mass is 327 g/mol. The number of nitrogen functional groups attached to an aromatic ring is 1. The maximum Gasteiger partial charge on any atom is 0.408 e. The molecule has 0 radical (unpaired) electrons. The van der Waals surface area contributed by atoms with Gasteiger partial charge in [-0.1, -0.05) is 18.5 Å². The Kier molecular flexibility index (Phi) is 6.05. The van der Waals surface area contributed by atoms with Crippen molar-refractivity contribution in [2.45, 2.75) is 45.8 Å². The lowest BCUT2D eigenvalue weighted by atomic mass is 10.2. The summed E-state index contributed by atoms with van der Waals surface area (Å²) in [6.07, 6.45) is -0.237. The van der Waals surface area contributed by atoms with E-state index in [-0.39, 0.29) is 5.91 Å². The Balaban J connectivity index is 2.72. The minimum atomic E-state index is -0.728. The molecule has 1 aromatic carbocycles. The molecule has 2 amide bonds. The van der Waals surface area contributed by atoms with E-state index in [2.05, 4.69) is 10.6 Å². The molecule has 0 aliphatic carbocycles. The molecular weight excluding hydrogens is 306 g/mol. The number of amides is 2. The summed E-state index contributed by atoms with van der Waals surface area (Å²) in [6, 6.07) is 4.05. The standard InChI is InChI=1S/C15H22ClN3O3/c1-5-11(19-14(21)22-15(2,3)4)13(20)18-12-8-9(16)6-7-10(12)17/h6-8,11H,5,17H2,1-4H3,(H,18,20)(H,19,21)/t11-/m0/s1. The summed E-state index contributed by atoms with van der Waals surface area (Å²) < 4.78 is 5.14. The minimum Gasteiger partial charge on any atom is -0.444 e. The Labute approximate surface area is 135 Å². The van der Waals surface area contributed by atoms with Gasteiger partial charge in [-0.05, 0) is 45.4 Å². The van der Waals surface area contributed by atoms with Crippen molar-refractivity contribution in [1.29, 1.82) is 0 Å². The molecule has 6 nitrogen and oxygen atoms in total. The zero-order valence-electron chi connectivity index (χ0n) is 13.2. The predicted molar refractivity (Wildman–Crippen MR) is 87.9 cm³/mol. The van der Waals surface area contributed by atoms with Crippen molar-refractivity contribution in [3.63, 3.8) is 0 Å². The summed E-state index contributed by atoms with van der Waals surface area (Å²) in [5.74, 6) is -0.387. The average Bonchev–Trinajstić information content (AvgIpc) is 2.38. The van der Waals surface area contributed by atoms with Crippen LogP contribution in [0.4, 0.5) is 16.2 Å². The number of halogens is 1. The van der Waals surface area contributed by atoms with Gasteiger partial charge in [-0.15, -0.1) is 0 Å². The summed E-state index contributed by atoms with van der Waals surface area (Å²) in [6.45, 7) is 7.03. The maximum atomic E-state index is 12.2. The van der Waals surface area contributed by atoms with Gasteiger partial charge >= 0.3 is 6.09 Å². The van der Waals surface area contributed by atoms with E-state index in [9.17, 15) is 9.59 Å². The van der Waals surface area contributed by atoms with Crippen molar-refractivity contribution in [3.8, 4) is 0 Å². The van der Waals surface area contributed by atoms with Crippen molar-refractivity contribution in [2.75, 3.05) is 11.1 Å². The smallest absolute Gasteiger partial charge is 0.408 e. The van der Waals surface area contributed by atoms with Crippen LogP contribution in [0.25, 0.3) is 0 Å². The van der Waals surface area contributed by atoms with E-state index < -0.39 is 17.7 Å². The molecule has 22 heavy (non-hydrogen) atoms. The van der Waals surface area contributed by atoms with Gasteiger partial charge < -0.3 is 21.1 Å². The summed E-state index contributed by atoms with van der Waals surface area (Å²) in [5, 5.41) is 5.64. The normalized spacial score (nSPS) is 12.4. The van der Waals surface area contributed by atoms with E-state index in [0.29, 0.717) is 22.8 Å². The second-order valence-corrected chi connectivity index (χ2v) is 6.26. The van der Waals surface area contributed by atoms with E-state index in [1.807, 2.05) is 0 Å². The van der Waals surface area contributed by atoms with E-state index in [1.165, 1.54) is 0 Å². The number of anilines is 2. The first-order valence-electron chi connectivity index (χ1n) is 6.97. The second kappa shape index (κ2) is 7.35. The van der Waals surface area contributed by atoms with Gasteiger partial charge in [0.05, 0.1) is 11.4 Å². The lowest BCUT2D eigenvalue weighted by Gasteiger charge is -2.23. The molecule has 0 aliphatic heterocycles. The number of alkyl carbamates (subject to hydrolysis) is 1. The Morgan fingerprint density at radius 2 is 2.00 bits per heavy atom. The van der Waals surface area contributed by atoms with Crippen LogP contribution in [0.3, 0.4) is 0 Å². The second-order valence-electron chi connectivity index (χ2n) is 5.83. The van der Waals surface area contributed by atoms with Crippen LogP contribution < -0.4 is 16.4 Å². The average molecular weight is 328 g/mol. The van der Waals surface area contributed by atoms with Crippen molar-refractivity contribution < 1.29 is 14.3 Å². The molecule has 1 rings (SSSR count). The number of rotatable bonds is 4. The van der Waals surface area contributed by atoms with Crippen LogP contribution in [0.2, 0.25) is 5.02 Å². The Morgan fingerprint density at radius 1 is 1.36 bits per heavy atom. The molecule has 0 saturated carbocycles. The van der Waals surface area contributed by atoms with Gasteiger partial charge in [0.15, 0.2) is 0 Å². The minimum absolute atomic E-state index is 0.387. The van der Waals surface area contributed by atoms with Crippen LogP contribution >= 0.6 is 11.6 Å². The number of nitrogens with one attached hydrogen (secondary N) is 2. The predicted octanol–water partition coefficient (Wildman–Crippen LogP) is 3.16. The number of hydrogen-bond donors (Lipinski definition) is 3. The van der Waals surface area contributed by atoms with Gasteiger partial charge in [-0.3, -0.25) is 4.79 Å². The fourth-order valence-corrected chi connectivity index (χ4v) is 1.83. The third-order valence-corrected chi connectivity index (χ3v) is 2.92. The number of nitrogens with two attached hydrogens (primary N) is 1. The van der Waals surface area contributed by atoms with Gasteiger partial charge in [0, 0.05) is 5.02 Å². The third-order valence-electron chi connectivity index (χ3n) is 2.69. The molecule has 7 heteroatoms. The number of benzene rings is 1. The highest BCUT2D eigenvalue weighted by Crippen LogP contribution is 2.23. The summed E-state index contributed by atoms with van der Waals surface area (Å²) in [5.41, 5.74) is 5.95. The van der Waals surface area contributed by atoms with E-state index in [1.54, 1.807) is 45.9 Å². The molecule has 0 heterocycles. The van der Waals surface area contributed by atoms with Gasteiger partial charge in [-0.2, -0.15) is 0 Å². The molecule has 122 valence electrons. The van der Waals surface area contributed by atoms with Crippen molar-refractivity contribution in [2.24, 2.45) is 0 Å². The van der Waals surface area contributed by atoms with Crippen molar-refractivity contribution >= 4 is 35.0 Å². The molecule has 0 aliphatic rings. The highest BCUT2D eigenvalue weighted by atomic mass is 35.5. The molecule has 0 fully saturated rings. The fraction of sp³-hybridized carbons (Fsp3) is 0.467. The fourth-order valence-electron chi connectivity index (χ4n) is 1.66. The zero-order chi connectivity index (χ0) is 16.9. The van der Waals surface area contributed by atoms with Crippen LogP contribution in [0.1, 0.15) is 34.1 Å². The van der Waals surface area contributed by atoms with Gasteiger partial charge in [0.25, 0.3) is 0 Å².